The fourth-order valence-electron chi connectivity index (χ4n) is 3.82. The van der Waals surface area contributed by atoms with Crippen LogP contribution < -0.4 is 0 Å². The van der Waals surface area contributed by atoms with Crippen LogP contribution in [0.25, 0.3) is 0 Å². The summed E-state index contributed by atoms with van der Waals surface area (Å²) >= 11 is 0. The molecule has 1 spiro atoms. The van der Waals surface area contributed by atoms with Crippen LogP contribution in [-0.2, 0) is 23.7 Å². The molecule has 0 aromatic heterocycles. The zero-order chi connectivity index (χ0) is 16.1. The Kier molecular flexibility index (Phi) is 5.91. The lowest BCUT2D eigenvalue weighted by Gasteiger charge is -2.38. The number of ether oxygens (including phenoxy) is 4. The molecule has 1 amide bonds. The third-order valence-corrected chi connectivity index (χ3v) is 5.38. The van der Waals surface area contributed by atoms with E-state index in [9.17, 15) is 4.79 Å². The van der Waals surface area contributed by atoms with Crippen molar-refractivity contribution in [3.05, 3.63) is 0 Å². The molecule has 3 saturated heterocycles. The summed E-state index contributed by atoms with van der Waals surface area (Å²) in [7, 11) is 1.56. The highest BCUT2D eigenvalue weighted by Gasteiger charge is 2.43. The monoisotopic (exact) mass is 327 g/mol. The number of hydrogen-bond acceptors (Lipinski definition) is 5. The van der Waals surface area contributed by atoms with Crippen molar-refractivity contribution in [2.24, 2.45) is 5.92 Å². The molecule has 3 heterocycles. The first-order valence-corrected chi connectivity index (χ1v) is 8.81. The first-order chi connectivity index (χ1) is 11.2. The fourth-order valence-corrected chi connectivity index (χ4v) is 3.82. The van der Waals surface area contributed by atoms with Gasteiger partial charge in [0.2, 0.25) is 5.91 Å². The van der Waals surface area contributed by atoms with E-state index in [1.54, 1.807) is 7.11 Å². The first kappa shape index (κ1) is 17.1. The molecule has 3 fully saturated rings. The minimum absolute atomic E-state index is 0.0765. The summed E-state index contributed by atoms with van der Waals surface area (Å²) in [5.74, 6) is 0.710. The number of carbonyl (C=O) groups is 1. The lowest BCUT2D eigenvalue weighted by Crippen LogP contribution is -2.47. The average molecular weight is 327 g/mol. The van der Waals surface area contributed by atoms with E-state index in [4.69, 9.17) is 18.9 Å². The summed E-state index contributed by atoms with van der Waals surface area (Å²) in [6.07, 6.45) is 5.19. The highest BCUT2D eigenvalue weighted by molar-refractivity contribution is 5.77. The van der Waals surface area contributed by atoms with Gasteiger partial charge in [-0.25, -0.2) is 0 Å². The second kappa shape index (κ2) is 7.92. The molecule has 0 bridgehead atoms. The number of likely N-dealkylation sites (tertiary alicyclic amines) is 1. The quantitative estimate of drug-likeness (QED) is 0.760. The normalized spacial score (nSPS) is 28.4. The standard InChI is InChI=1S/C17H29NO5/c1-20-13-16(19)18-6-4-17(5-7-18)10-15(12-23-17)22-11-14-2-8-21-9-3-14/h14-15H,2-13H2,1H3/t15-/m1/s1. The van der Waals surface area contributed by atoms with Gasteiger partial charge in [-0.2, -0.15) is 0 Å². The number of methoxy groups -OCH3 is 1. The Morgan fingerprint density at radius 2 is 2.00 bits per heavy atom. The van der Waals surface area contributed by atoms with Gasteiger partial charge in [0.15, 0.2) is 0 Å². The van der Waals surface area contributed by atoms with Gasteiger partial charge in [-0.3, -0.25) is 4.79 Å². The van der Waals surface area contributed by atoms with Gasteiger partial charge < -0.3 is 23.8 Å². The van der Waals surface area contributed by atoms with Crippen LogP contribution in [-0.4, -0.2) is 75.7 Å². The van der Waals surface area contributed by atoms with Crippen LogP contribution in [0.2, 0.25) is 0 Å². The Bertz CT molecular complexity index is 388. The van der Waals surface area contributed by atoms with Crippen molar-refractivity contribution < 1.29 is 23.7 Å². The van der Waals surface area contributed by atoms with Crippen LogP contribution in [0.3, 0.4) is 0 Å². The van der Waals surface area contributed by atoms with Crippen molar-refractivity contribution in [1.82, 2.24) is 4.90 Å². The lowest BCUT2D eigenvalue weighted by molar-refractivity contribution is -0.139. The number of piperidine rings is 1. The van der Waals surface area contributed by atoms with Crippen LogP contribution in [0, 0.1) is 5.92 Å². The number of carbonyl (C=O) groups excluding carboxylic acids is 1. The van der Waals surface area contributed by atoms with Crippen LogP contribution in [0.5, 0.6) is 0 Å². The minimum atomic E-state index is -0.0792. The predicted octanol–water partition coefficient (Wildman–Crippen LogP) is 1.23. The SMILES string of the molecule is COCC(=O)N1CCC2(CC1)C[C@@H](OCC1CCOCC1)CO2. The van der Waals surface area contributed by atoms with Crippen molar-refractivity contribution in [3.63, 3.8) is 0 Å². The first-order valence-electron chi connectivity index (χ1n) is 8.81. The van der Waals surface area contributed by atoms with E-state index in [2.05, 4.69) is 0 Å². The summed E-state index contributed by atoms with van der Waals surface area (Å²) in [5.41, 5.74) is -0.0792. The second-order valence-electron chi connectivity index (χ2n) is 7.02. The molecule has 0 aromatic carbocycles. The second-order valence-corrected chi connectivity index (χ2v) is 7.02. The molecule has 132 valence electrons. The van der Waals surface area contributed by atoms with Gasteiger partial charge >= 0.3 is 0 Å². The Morgan fingerprint density at radius 3 is 2.70 bits per heavy atom. The summed E-state index contributed by atoms with van der Waals surface area (Å²) in [6, 6.07) is 0. The Labute approximate surface area is 138 Å². The van der Waals surface area contributed by atoms with Crippen LogP contribution in [0.4, 0.5) is 0 Å². The fraction of sp³-hybridized carbons (Fsp3) is 0.941. The third kappa shape index (κ3) is 4.44. The van der Waals surface area contributed by atoms with Crippen molar-refractivity contribution >= 4 is 5.91 Å². The van der Waals surface area contributed by atoms with Crippen LogP contribution in [0.1, 0.15) is 32.1 Å². The summed E-state index contributed by atoms with van der Waals surface area (Å²) in [4.78, 5) is 13.8. The Morgan fingerprint density at radius 1 is 1.26 bits per heavy atom. The molecule has 0 N–H and O–H groups in total. The predicted molar refractivity (Wildman–Crippen MR) is 84.3 cm³/mol. The van der Waals surface area contributed by atoms with Crippen molar-refractivity contribution in [2.75, 3.05) is 53.2 Å². The van der Waals surface area contributed by atoms with Crippen molar-refractivity contribution in [2.45, 2.75) is 43.8 Å². The highest BCUT2D eigenvalue weighted by atomic mass is 16.6. The van der Waals surface area contributed by atoms with Gasteiger partial charge in [0.05, 0.1) is 24.9 Å². The largest absolute Gasteiger partial charge is 0.381 e. The zero-order valence-electron chi connectivity index (χ0n) is 14.1. The van der Waals surface area contributed by atoms with Gasteiger partial charge in [0, 0.05) is 39.8 Å². The summed E-state index contributed by atoms with van der Waals surface area (Å²) in [6.45, 7) is 4.94. The summed E-state index contributed by atoms with van der Waals surface area (Å²) < 4.78 is 22.5. The molecule has 6 nitrogen and oxygen atoms in total. The smallest absolute Gasteiger partial charge is 0.248 e. The molecule has 0 radical (unpaired) electrons. The number of rotatable bonds is 5. The maximum absolute atomic E-state index is 11.9. The Hall–Kier alpha value is -0.690. The maximum Gasteiger partial charge on any atom is 0.248 e. The van der Waals surface area contributed by atoms with Crippen molar-refractivity contribution in [1.29, 1.82) is 0 Å². The lowest BCUT2D eigenvalue weighted by atomic mass is 9.88. The molecule has 1 atom stereocenters. The van der Waals surface area contributed by atoms with Crippen LogP contribution >= 0.6 is 0 Å². The zero-order valence-corrected chi connectivity index (χ0v) is 14.1. The topological polar surface area (TPSA) is 57.2 Å². The molecule has 0 aliphatic carbocycles. The highest BCUT2D eigenvalue weighted by Crippen LogP contribution is 2.37. The van der Waals surface area contributed by atoms with E-state index in [0.29, 0.717) is 12.5 Å². The number of hydrogen-bond donors (Lipinski definition) is 0. The molecule has 0 aromatic rings. The minimum Gasteiger partial charge on any atom is -0.381 e. The molecule has 0 unspecified atom stereocenters. The Balaban J connectivity index is 1.40. The van der Waals surface area contributed by atoms with E-state index in [0.717, 1.165) is 65.0 Å². The van der Waals surface area contributed by atoms with E-state index < -0.39 is 0 Å². The van der Waals surface area contributed by atoms with Crippen molar-refractivity contribution in [3.8, 4) is 0 Å². The molecule has 3 aliphatic rings. The van der Waals surface area contributed by atoms with E-state index in [-0.39, 0.29) is 24.2 Å². The number of amides is 1. The van der Waals surface area contributed by atoms with Gasteiger partial charge in [0.25, 0.3) is 0 Å². The van der Waals surface area contributed by atoms with E-state index >= 15 is 0 Å². The average Bonchev–Trinajstić information content (AvgIpc) is 2.98. The summed E-state index contributed by atoms with van der Waals surface area (Å²) in [5, 5.41) is 0. The molecule has 3 aliphatic heterocycles. The molecule has 0 saturated carbocycles. The molecule has 23 heavy (non-hydrogen) atoms. The molecule has 3 rings (SSSR count). The maximum atomic E-state index is 11.9. The van der Waals surface area contributed by atoms with Gasteiger partial charge in [-0.1, -0.05) is 0 Å². The molecular weight excluding hydrogens is 298 g/mol. The van der Waals surface area contributed by atoms with Gasteiger partial charge in [-0.05, 0) is 31.6 Å². The van der Waals surface area contributed by atoms with Gasteiger partial charge in [0.1, 0.15) is 6.61 Å². The number of nitrogens with zero attached hydrogens (tertiary/aromatic N) is 1. The molecule has 6 heteroatoms. The van der Waals surface area contributed by atoms with E-state index in [1.165, 1.54) is 0 Å². The van der Waals surface area contributed by atoms with Crippen LogP contribution in [0.15, 0.2) is 0 Å². The molecular formula is C17H29NO5. The van der Waals surface area contributed by atoms with E-state index in [1.807, 2.05) is 4.90 Å². The van der Waals surface area contributed by atoms with Gasteiger partial charge in [-0.15, -0.1) is 0 Å². The third-order valence-electron chi connectivity index (χ3n) is 5.38.